The first kappa shape index (κ1) is 19.7. The number of hydrogen-bond acceptors (Lipinski definition) is 4. The van der Waals surface area contributed by atoms with Crippen LogP contribution in [0.2, 0.25) is 0 Å². The number of alkyl halides is 3. The molecule has 2 N–H and O–H groups in total. The third-order valence-corrected chi connectivity index (χ3v) is 5.66. The highest BCUT2D eigenvalue weighted by Crippen LogP contribution is 2.52. The van der Waals surface area contributed by atoms with Gasteiger partial charge in [0.05, 0.1) is 5.92 Å². The minimum Gasteiger partial charge on any atom is -0.508 e. The monoisotopic (exact) mass is 384 g/mol. The van der Waals surface area contributed by atoms with Crippen molar-refractivity contribution in [2.24, 2.45) is 22.4 Å². The molecule has 1 fully saturated rings. The third kappa shape index (κ3) is 3.20. The zero-order chi connectivity index (χ0) is 20.2. The summed E-state index contributed by atoms with van der Waals surface area (Å²) < 4.78 is 41.9. The number of carbonyl (C=O) groups is 1. The molecule has 148 valence electrons. The molecule has 0 saturated heterocycles. The van der Waals surface area contributed by atoms with Crippen LogP contribution in [0.4, 0.5) is 13.2 Å². The lowest BCUT2D eigenvalue weighted by Crippen LogP contribution is -2.62. The topological polar surface area (TPSA) is 73.1 Å². The van der Waals surface area contributed by atoms with Crippen molar-refractivity contribution in [2.45, 2.75) is 51.9 Å². The van der Waals surface area contributed by atoms with Crippen LogP contribution in [0.1, 0.15) is 50.4 Å². The second-order valence-corrected chi connectivity index (χ2v) is 8.37. The number of benzene rings is 1. The van der Waals surface area contributed by atoms with Gasteiger partial charge in [0, 0.05) is 11.3 Å². The van der Waals surface area contributed by atoms with E-state index in [4.69, 9.17) is 0 Å². The molecule has 1 amide bonds. The van der Waals surface area contributed by atoms with Gasteiger partial charge in [0.25, 0.3) is 11.6 Å². The molecule has 0 unspecified atom stereocenters. The smallest absolute Gasteiger partial charge is 0.439 e. The maximum Gasteiger partial charge on any atom is 0.439 e. The van der Waals surface area contributed by atoms with Crippen LogP contribution in [-0.2, 0) is 0 Å². The lowest BCUT2D eigenvalue weighted by molar-refractivity contribution is -0.314. The summed E-state index contributed by atoms with van der Waals surface area (Å²) in [6, 6.07) is 4.81. The summed E-state index contributed by atoms with van der Waals surface area (Å²) in [5.41, 5.74) is -3.47. The van der Waals surface area contributed by atoms with Crippen molar-refractivity contribution in [1.82, 2.24) is 5.01 Å². The van der Waals surface area contributed by atoms with Crippen LogP contribution in [-0.4, -0.2) is 38.7 Å². The Bertz CT molecular complexity index is 768. The number of amides is 1. The Kier molecular flexibility index (Phi) is 4.53. The SMILES string of the molecule is CC(C)(C)[C@@H]1CCC2=NN(C(=O)c3ccc(O)cc3)[C@](O)(C(F)(F)F)[C@H]2C1. The highest BCUT2D eigenvalue weighted by molar-refractivity contribution is 5.99. The number of phenolic OH excluding ortho intramolecular Hbond substituents is 1. The number of hydrogen-bond donors (Lipinski definition) is 2. The first-order chi connectivity index (χ1) is 12.4. The van der Waals surface area contributed by atoms with Gasteiger partial charge in [-0.15, -0.1) is 0 Å². The van der Waals surface area contributed by atoms with Gasteiger partial charge in [0.1, 0.15) is 5.75 Å². The van der Waals surface area contributed by atoms with E-state index in [-0.39, 0.29) is 39.8 Å². The van der Waals surface area contributed by atoms with E-state index in [1.54, 1.807) is 0 Å². The van der Waals surface area contributed by atoms with Crippen LogP contribution >= 0.6 is 0 Å². The zero-order valence-electron chi connectivity index (χ0n) is 15.4. The Balaban J connectivity index is 2.01. The molecule has 3 rings (SSSR count). The molecule has 27 heavy (non-hydrogen) atoms. The van der Waals surface area contributed by atoms with E-state index in [9.17, 15) is 28.2 Å². The van der Waals surface area contributed by atoms with Gasteiger partial charge >= 0.3 is 6.18 Å². The number of carbonyl (C=O) groups excluding carboxylic acids is 1. The lowest BCUT2D eigenvalue weighted by Gasteiger charge is -2.42. The fourth-order valence-corrected chi connectivity index (χ4v) is 3.93. The van der Waals surface area contributed by atoms with E-state index in [2.05, 4.69) is 5.10 Å². The van der Waals surface area contributed by atoms with Crippen LogP contribution in [0.5, 0.6) is 5.75 Å². The number of aliphatic hydroxyl groups is 1. The minimum atomic E-state index is -5.06. The van der Waals surface area contributed by atoms with Crippen molar-refractivity contribution in [2.75, 3.05) is 0 Å². The fourth-order valence-electron chi connectivity index (χ4n) is 3.93. The number of phenols is 1. The Labute approximate surface area is 155 Å². The maximum atomic E-state index is 14.0. The Hall–Kier alpha value is -2.09. The van der Waals surface area contributed by atoms with Crippen LogP contribution in [0.15, 0.2) is 29.4 Å². The maximum absolute atomic E-state index is 14.0. The molecule has 0 radical (unpaired) electrons. The lowest BCUT2D eigenvalue weighted by atomic mass is 9.66. The van der Waals surface area contributed by atoms with Crippen molar-refractivity contribution in [1.29, 1.82) is 0 Å². The highest BCUT2D eigenvalue weighted by Gasteiger charge is 2.69. The molecule has 0 aromatic heterocycles. The number of fused-ring (bicyclic) bond motifs is 1. The summed E-state index contributed by atoms with van der Waals surface area (Å²) in [7, 11) is 0. The molecule has 2 aliphatic rings. The molecule has 0 spiro atoms. The third-order valence-electron chi connectivity index (χ3n) is 5.66. The molecule has 3 atom stereocenters. The first-order valence-electron chi connectivity index (χ1n) is 8.85. The van der Waals surface area contributed by atoms with Crippen LogP contribution < -0.4 is 0 Å². The number of aromatic hydroxyl groups is 1. The number of rotatable bonds is 1. The highest BCUT2D eigenvalue weighted by atomic mass is 19.4. The molecule has 1 aliphatic carbocycles. The predicted molar refractivity (Wildman–Crippen MR) is 93.0 cm³/mol. The molecule has 1 heterocycles. The van der Waals surface area contributed by atoms with E-state index in [1.165, 1.54) is 24.3 Å². The van der Waals surface area contributed by atoms with Gasteiger partial charge < -0.3 is 10.2 Å². The Morgan fingerprint density at radius 2 is 1.81 bits per heavy atom. The van der Waals surface area contributed by atoms with Gasteiger partial charge in [-0.1, -0.05) is 20.8 Å². The van der Waals surface area contributed by atoms with Crippen molar-refractivity contribution in [3.05, 3.63) is 29.8 Å². The van der Waals surface area contributed by atoms with Gasteiger partial charge in [0.15, 0.2) is 0 Å². The molecule has 0 bridgehead atoms. The average molecular weight is 384 g/mol. The van der Waals surface area contributed by atoms with Gasteiger partial charge in [-0.25, -0.2) is 0 Å². The summed E-state index contributed by atoms with van der Waals surface area (Å²) in [5.74, 6) is -2.48. The summed E-state index contributed by atoms with van der Waals surface area (Å²) in [6.45, 7) is 5.88. The average Bonchev–Trinajstić information content (AvgIpc) is 2.88. The second-order valence-electron chi connectivity index (χ2n) is 8.37. The van der Waals surface area contributed by atoms with Gasteiger partial charge in [0.2, 0.25) is 0 Å². The molecule has 1 aromatic carbocycles. The number of halogens is 3. The molecule has 1 aromatic rings. The first-order valence-corrected chi connectivity index (χ1v) is 8.85. The van der Waals surface area contributed by atoms with E-state index in [0.717, 1.165) is 0 Å². The van der Waals surface area contributed by atoms with E-state index in [1.807, 2.05) is 20.8 Å². The number of hydrazone groups is 1. The molecular weight excluding hydrogens is 361 g/mol. The summed E-state index contributed by atoms with van der Waals surface area (Å²) in [6.07, 6.45) is -3.98. The van der Waals surface area contributed by atoms with Crippen LogP contribution in [0.25, 0.3) is 0 Å². The molecule has 8 heteroatoms. The Morgan fingerprint density at radius 3 is 2.33 bits per heavy atom. The predicted octanol–water partition coefficient (Wildman–Crippen LogP) is 3.92. The van der Waals surface area contributed by atoms with Gasteiger partial charge in [-0.05, 0) is 54.9 Å². The molecular formula is C19H23F3N2O3. The van der Waals surface area contributed by atoms with E-state index >= 15 is 0 Å². The van der Waals surface area contributed by atoms with Crippen molar-refractivity contribution in [3.8, 4) is 5.75 Å². The normalized spacial score (nSPS) is 28.7. The summed E-state index contributed by atoms with van der Waals surface area (Å²) >= 11 is 0. The minimum absolute atomic E-state index is 0.0287. The summed E-state index contributed by atoms with van der Waals surface area (Å²) in [5, 5.41) is 24.2. The van der Waals surface area contributed by atoms with E-state index < -0.39 is 23.7 Å². The Morgan fingerprint density at radius 1 is 1.22 bits per heavy atom. The zero-order valence-corrected chi connectivity index (χ0v) is 15.4. The van der Waals surface area contributed by atoms with Gasteiger partial charge in [-0.2, -0.15) is 23.3 Å². The summed E-state index contributed by atoms with van der Waals surface area (Å²) in [4.78, 5) is 12.7. The standard InChI is InChI=1S/C19H23F3N2O3/c1-17(2,3)12-6-9-15-14(10-12)18(27,19(20,21)22)24(23-15)16(26)11-4-7-13(25)8-5-11/h4-5,7-8,12,14,25,27H,6,9-10H2,1-3H3/t12-,14+,18-/m1/s1. The quantitative estimate of drug-likeness (QED) is 0.771. The molecule has 5 nitrogen and oxygen atoms in total. The van der Waals surface area contributed by atoms with Gasteiger partial charge in [-0.3, -0.25) is 4.79 Å². The van der Waals surface area contributed by atoms with Crippen molar-refractivity contribution >= 4 is 11.6 Å². The second kappa shape index (κ2) is 6.22. The van der Waals surface area contributed by atoms with E-state index in [0.29, 0.717) is 12.8 Å². The number of nitrogens with zero attached hydrogens (tertiary/aromatic N) is 2. The van der Waals surface area contributed by atoms with Crippen molar-refractivity contribution < 1.29 is 28.2 Å². The molecule has 1 aliphatic heterocycles. The fraction of sp³-hybridized carbons (Fsp3) is 0.579. The molecule has 1 saturated carbocycles. The van der Waals surface area contributed by atoms with Crippen molar-refractivity contribution in [3.63, 3.8) is 0 Å². The van der Waals surface area contributed by atoms with Crippen LogP contribution in [0, 0.1) is 17.3 Å². The largest absolute Gasteiger partial charge is 0.508 e. The van der Waals surface area contributed by atoms with Crippen LogP contribution in [0.3, 0.4) is 0 Å².